The van der Waals surface area contributed by atoms with Gasteiger partial charge < -0.3 is 4.74 Å². The summed E-state index contributed by atoms with van der Waals surface area (Å²) in [7, 11) is 0.222. The Kier molecular flexibility index (Phi) is 4.99. The minimum atomic E-state index is -0.518. The predicted octanol–water partition coefficient (Wildman–Crippen LogP) is 1.38. The second-order valence-electron chi connectivity index (χ2n) is 5.17. The Bertz CT molecular complexity index is 576. The summed E-state index contributed by atoms with van der Waals surface area (Å²) in [6.07, 6.45) is 0. The highest BCUT2D eigenvalue weighted by atomic mass is 16.6. The summed E-state index contributed by atoms with van der Waals surface area (Å²) in [6.45, 7) is 3.96. The van der Waals surface area contributed by atoms with Gasteiger partial charge in [-0.1, -0.05) is 70.6 Å². The highest BCUT2D eigenvalue weighted by Gasteiger charge is 2.14. The molecular formula is C16H16B2O3. The number of ether oxygens (including phenoxy) is 1. The summed E-state index contributed by atoms with van der Waals surface area (Å²) in [6, 6.07) is 15.2. The van der Waals surface area contributed by atoms with Crippen LogP contribution in [0.3, 0.4) is 0 Å². The van der Waals surface area contributed by atoms with Crippen LogP contribution < -0.4 is 10.9 Å². The van der Waals surface area contributed by atoms with Crippen molar-refractivity contribution < 1.29 is 14.3 Å². The molecule has 0 spiro atoms. The van der Waals surface area contributed by atoms with E-state index < -0.39 is 11.7 Å². The zero-order valence-corrected chi connectivity index (χ0v) is 12.3. The van der Waals surface area contributed by atoms with Crippen molar-refractivity contribution in [2.24, 2.45) is 0 Å². The van der Waals surface area contributed by atoms with Gasteiger partial charge in [0.25, 0.3) is 26.3 Å². The maximum absolute atomic E-state index is 11.7. The molecule has 3 nitrogen and oxygen atoms in total. The zero-order chi connectivity index (χ0) is 15.2. The van der Waals surface area contributed by atoms with E-state index in [0.29, 0.717) is 0 Å². The normalized spacial score (nSPS) is 9.81. The third-order valence-electron chi connectivity index (χ3n) is 3.17. The van der Waals surface area contributed by atoms with Gasteiger partial charge in [-0.2, -0.15) is 0 Å². The van der Waals surface area contributed by atoms with Crippen molar-refractivity contribution in [3.63, 3.8) is 0 Å². The van der Waals surface area contributed by atoms with Crippen molar-refractivity contribution in [3.05, 3.63) is 59.7 Å². The van der Waals surface area contributed by atoms with Gasteiger partial charge in [-0.25, -0.2) is 0 Å². The number of carbonyl (C=O) groups is 2. The molecule has 2 aromatic carbocycles. The lowest BCUT2D eigenvalue weighted by Gasteiger charge is -2.03. The van der Waals surface area contributed by atoms with E-state index in [1.54, 1.807) is 0 Å². The molecular weight excluding hydrogens is 262 g/mol. The lowest BCUT2D eigenvalue weighted by atomic mass is 9.68. The van der Waals surface area contributed by atoms with Crippen LogP contribution in [-0.4, -0.2) is 26.3 Å². The van der Waals surface area contributed by atoms with Crippen LogP contribution >= 0.6 is 0 Å². The molecule has 0 heterocycles. The maximum Gasteiger partial charge on any atom is 0.294 e. The van der Waals surface area contributed by atoms with Gasteiger partial charge in [0.2, 0.25) is 0 Å². The fraction of sp³-hybridized carbons (Fsp3) is 0.125. The summed E-state index contributed by atoms with van der Waals surface area (Å²) < 4.78 is 4.84. The second-order valence-corrected chi connectivity index (χ2v) is 5.17. The third kappa shape index (κ3) is 4.95. The summed E-state index contributed by atoms with van der Waals surface area (Å²) >= 11 is 0. The third-order valence-corrected chi connectivity index (χ3v) is 3.17. The lowest BCUT2D eigenvalue weighted by molar-refractivity contribution is 0.184. The van der Waals surface area contributed by atoms with Crippen LogP contribution in [-0.2, 0) is 4.74 Å². The molecule has 0 saturated carbocycles. The molecule has 0 aliphatic carbocycles. The Balaban J connectivity index is 1.85. The smallest absolute Gasteiger partial charge is 0.294 e. The van der Waals surface area contributed by atoms with Gasteiger partial charge >= 0.3 is 0 Å². The van der Waals surface area contributed by atoms with Gasteiger partial charge in [0.1, 0.15) is 0 Å². The topological polar surface area (TPSA) is 43.4 Å². The van der Waals surface area contributed by atoms with E-state index in [1.807, 2.05) is 62.4 Å². The zero-order valence-electron chi connectivity index (χ0n) is 12.3. The van der Waals surface area contributed by atoms with Crippen LogP contribution in [0.15, 0.2) is 48.5 Å². The molecule has 0 saturated heterocycles. The average Bonchev–Trinajstić information content (AvgIpc) is 2.44. The number of benzene rings is 2. The number of hydrogen-bond donors (Lipinski definition) is 0. The fourth-order valence-corrected chi connectivity index (χ4v) is 1.94. The van der Waals surface area contributed by atoms with Crippen molar-refractivity contribution in [2.45, 2.75) is 13.8 Å². The average molecular weight is 278 g/mol. The highest BCUT2D eigenvalue weighted by molar-refractivity contribution is 6.87. The summed E-state index contributed by atoms with van der Waals surface area (Å²) in [5, 5.41) is 0. The number of rotatable bonds is 4. The molecule has 0 aromatic heterocycles. The van der Waals surface area contributed by atoms with Crippen LogP contribution in [0.2, 0.25) is 0 Å². The first-order valence-corrected chi connectivity index (χ1v) is 6.87. The summed E-state index contributed by atoms with van der Waals surface area (Å²) in [4.78, 5) is 23.4. The highest BCUT2D eigenvalue weighted by Crippen LogP contribution is 1.95. The molecule has 0 unspecified atom stereocenters. The quantitative estimate of drug-likeness (QED) is 0.627. The van der Waals surface area contributed by atoms with Gasteiger partial charge in [-0.3, -0.25) is 9.59 Å². The van der Waals surface area contributed by atoms with E-state index in [9.17, 15) is 9.59 Å². The molecule has 21 heavy (non-hydrogen) atoms. The minimum absolute atomic E-state index is 0.111. The Morgan fingerprint density at radius 3 is 1.38 bits per heavy atom. The molecule has 2 aromatic rings. The molecule has 5 heteroatoms. The first-order valence-electron chi connectivity index (χ1n) is 6.87. The number of aryl methyl sites for hydroxylation is 2. The molecule has 0 aliphatic heterocycles. The SMILES string of the molecule is Cc1ccc(BC(=O)OC(=O)Bc2ccc(C)cc2)cc1. The monoisotopic (exact) mass is 278 g/mol. The summed E-state index contributed by atoms with van der Waals surface area (Å²) in [5.41, 5.74) is 3.94. The molecule has 0 radical (unpaired) electrons. The Morgan fingerprint density at radius 2 is 1.05 bits per heavy atom. The number of hydrogen-bond acceptors (Lipinski definition) is 3. The predicted molar refractivity (Wildman–Crippen MR) is 87.8 cm³/mol. The van der Waals surface area contributed by atoms with E-state index >= 15 is 0 Å². The Labute approximate surface area is 125 Å². The number of carbonyl (C=O) groups excluding carboxylic acids is 2. The van der Waals surface area contributed by atoms with Crippen LogP contribution in [0.25, 0.3) is 0 Å². The first-order chi connectivity index (χ1) is 10.0. The van der Waals surface area contributed by atoms with E-state index in [2.05, 4.69) is 0 Å². The van der Waals surface area contributed by atoms with E-state index in [1.165, 1.54) is 0 Å². The Hall–Kier alpha value is -2.29. The molecule has 0 amide bonds. The molecule has 0 bridgehead atoms. The van der Waals surface area contributed by atoms with Crippen molar-refractivity contribution in [2.75, 3.05) is 0 Å². The standard InChI is InChI=1S/C16H16B2O3/c1-11-3-7-13(8-4-11)17-15(19)21-16(20)18-14-9-5-12(2)6-10-14/h3-10,17-18H,1-2H3. The second kappa shape index (κ2) is 6.93. The largest absolute Gasteiger partial charge is 0.410 e. The first kappa shape index (κ1) is 15.1. The molecule has 0 atom stereocenters. The fourth-order valence-electron chi connectivity index (χ4n) is 1.94. The maximum atomic E-state index is 11.7. The lowest BCUT2D eigenvalue weighted by Crippen LogP contribution is -2.31. The van der Waals surface area contributed by atoms with Gasteiger partial charge in [-0.15, -0.1) is 0 Å². The molecule has 0 aliphatic rings. The van der Waals surface area contributed by atoms with Crippen LogP contribution in [0.4, 0.5) is 9.59 Å². The minimum Gasteiger partial charge on any atom is -0.410 e. The van der Waals surface area contributed by atoms with Crippen LogP contribution in [0.5, 0.6) is 0 Å². The van der Waals surface area contributed by atoms with Crippen molar-refractivity contribution in [1.29, 1.82) is 0 Å². The van der Waals surface area contributed by atoms with Crippen LogP contribution in [0, 0.1) is 13.8 Å². The molecule has 0 N–H and O–H groups in total. The molecule has 0 fully saturated rings. The van der Waals surface area contributed by atoms with E-state index in [0.717, 1.165) is 22.1 Å². The van der Waals surface area contributed by atoms with Gasteiger partial charge in [0.05, 0.1) is 0 Å². The van der Waals surface area contributed by atoms with Crippen molar-refractivity contribution in [1.82, 2.24) is 0 Å². The van der Waals surface area contributed by atoms with E-state index in [4.69, 9.17) is 4.74 Å². The van der Waals surface area contributed by atoms with Gasteiger partial charge in [0.15, 0.2) is 0 Å². The van der Waals surface area contributed by atoms with Crippen molar-refractivity contribution in [3.8, 4) is 0 Å². The van der Waals surface area contributed by atoms with Crippen molar-refractivity contribution >= 4 is 37.2 Å². The van der Waals surface area contributed by atoms with Gasteiger partial charge in [-0.05, 0) is 13.8 Å². The van der Waals surface area contributed by atoms with Crippen LogP contribution in [0.1, 0.15) is 11.1 Å². The molecule has 104 valence electrons. The van der Waals surface area contributed by atoms with Gasteiger partial charge in [0, 0.05) is 0 Å². The Morgan fingerprint density at radius 1 is 0.714 bits per heavy atom. The molecule has 2 rings (SSSR count). The summed E-state index contributed by atoms with van der Waals surface area (Å²) in [5.74, 6) is -1.04. The van der Waals surface area contributed by atoms with E-state index in [-0.39, 0.29) is 14.6 Å².